The molecule has 1 N–H and O–H groups in total. The van der Waals surface area contributed by atoms with Crippen LogP contribution in [-0.2, 0) is 17.6 Å². The van der Waals surface area contributed by atoms with E-state index in [0.717, 1.165) is 0 Å². The van der Waals surface area contributed by atoms with Crippen LogP contribution in [-0.4, -0.2) is 15.9 Å². The molecule has 0 saturated heterocycles. The molecule has 0 radical (unpaired) electrons. The molecule has 0 bridgehead atoms. The van der Waals surface area contributed by atoms with Crippen molar-refractivity contribution in [3.05, 3.63) is 53.7 Å². The number of hydrogen-bond donors (Lipinski definition) is 1. The summed E-state index contributed by atoms with van der Waals surface area (Å²) in [6.45, 7) is 0. The zero-order chi connectivity index (χ0) is 16.5. The van der Waals surface area contributed by atoms with Gasteiger partial charge in [-0.2, -0.15) is 9.65 Å². The zero-order valence-electron chi connectivity index (χ0n) is 12.2. The fourth-order valence-electron chi connectivity index (χ4n) is 1.78. The van der Waals surface area contributed by atoms with Gasteiger partial charge in [0.2, 0.25) is 11.9 Å². The van der Waals surface area contributed by atoms with Crippen molar-refractivity contribution in [2.24, 2.45) is 0 Å². The Labute approximate surface area is 133 Å². The number of pyridine rings is 2. The molecule has 0 saturated carbocycles. The summed E-state index contributed by atoms with van der Waals surface area (Å²) in [5, 5.41) is 10.9. The van der Waals surface area contributed by atoms with Crippen LogP contribution in [0, 0.1) is 29.1 Å². The molecule has 0 unspecified atom stereocenters. The molecule has 2 aromatic rings. The van der Waals surface area contributed by atoms with Crippen LogP contribution >= 0.6 is 0 Å². The maximum atomic E-state index is 13.8. The largest absolute Gasteiger partial charge is 0.310 e. The first-order chi connectivity index (χ1) is 11.2. The van der Waals surface area contributed by atoms with Crippen molar-refractivity contribution >= 4 is 11.7 Å². The van der Waals surface area contributed by atoms with Crippen molar-refractivity contribution < 1.29 is 9.18 Å². The SMILES string of the molecule is N#CCC#CCc1ccc(NC(=O)Cc2ccccn2)nc1F. The smallest absolute Gasteiger partial charge is 0.231 e. The van der Waals surface area contributed by atoms with Gasteiger partial charge in [0.1, 0.15) is 5.82 Å². The molecular weight excluding hydrogens is 295 g/mol. The molecule has 0 aliphatic rings. The Morgan fingerprint density at radius 2 is 2.13 bits per heavy atom. The molecule has 0 aromatic carbocycles. The van der Waals surface area contributed by atoms with E-state index in [1.165, 1.54) is 12.1 Å². The van der Waals surface area contributed by atoms with Crippen molar-refractivity contribution in [3.63, 3.8) is 0 Å². The van der Waals surface area contributed by atoms with E-state index in [1.54, 1.807) is 24.4 Å². The number of aromatic nitrogens is 2. The van der Waals surface area contributed by atoms with Gasteiger partial charge in [-0.15, -0.1) is 0 Å². The van der Waals surface area contributed by atoms with E-state index < -0.39 is 5.95 Å². The molecule has 0 atom stereocenters. The number of rotatable bonds is 4. The second-order valence-corrected chi connectivity index (χ2v) is 4.56. The maximum absolute atomic E-state index is 13.8. The van der Waals surface area contributed by atoms with E-state index in [9.17, 15) is 9.18 Å². The van der Waals surface area contributed by atoms with E-state index in [2.05, 4.69) is 27.1 Å². The molecule has 1 amide bonds. The van der Waals surface area contributed by atoms with Crippen LogP contribution in [0.1, 0.15) is 17.7 Å². The van der Waals surface area contributed by atoms with Crippen LogP contribution in [0.2, 0.25) is 0 Å². The first-order valence-corrected chi connectivity index (χ1v) is 6.87. The highest BCUT2D eigenvalue weighted by molar-refractivity contribution is 5.91. The minimum Gasteiger partial charge on any atom is -0.310 e. The number of amides is 1. The molecule has 0 fully saturated rings. The highest BCUT2D eigenvalue weighted by Crippen LogP contribution is 2.11. The van der Waals surface area contributed by atoms with Gasteiger partial charge < -0.3 is 5.32 Å². The number of hydrogen-bond acceptors (Lipinski definition) is 4. The van der Waals surface area contributed by atoms with Crippen LogP contribution in [0.3, 0.4) is 0 Å². The van der Waals surface area contributed by atoms with Gasteiger partial charge in [-0.3, -0.25) is 9.78 Å². The fourth-order valence-corrected chi connectivity index (χ4v) is 1.78. The zero-order valence-corrected chi connectivity index (χ0v) is 12.2. The number of anilines is 1. The lowest BCUT2D eigenvalue weighted by atomic mass is 10.2. The standard InChI is InChI=1S/C17H13FN4O/c18-17-13(6-2-1-4-10-19)8-9-15(22-17)21-16(23)12-14-7-3-5-11-20-14/h3,5,7-9,11H,4,6,12H2,(H,21,22,23). The third-order valence-electron chi connectivity index (χ3n) is 2.83. The summed E-state index contributed by atoms with van der Waals surface area (Å²) in [5.41, 5.74) is 0.938. The molecule has 2 aromatic heterocycles. The second-order valence-electron chi connectivity index (χ2n) is 4.56. The molecule has 0 aliphatic heterocycles. The van der Waals surface area contributed by atoms with Crippen LogP contribution in [0.15, 0.2) is 36.5 Å². The quantitative estimate of drug-likeness (QED) is 0.694. The number of halogens is 1. The van der Waals surface area contributed by atoms with E-state index in [4.69, 9.17) is 5.26 Å². The highest BCUT2D eigenvalue weighted by atomic mass is 19.1. The lowest BCUT2D eigenvalue weighted by Gasteiger charge is -2.05. The summed E-state index contributed by atoms with van der Waals surface area (Å²) in [4.78, 5) is 19.6. The number of nitrogens with one attached hydrogen (secondary N) is 1. The monoisotopic (exact) mass is 308 g/mol. The van der Waals surface area contributed by atoms with Gasteiger partial charge in [-0.1, -0.05) is 17.9 Å². The summed E-state index contributed by atoms with van der Waals surface area (Å²) in [5.74, 6) is 4.42. The number of carbonyl (C=O) groups is 1. The average molecular weight is 308 g/mol. The van der Waals surface area contributed by atoms with Crippen molar-refractivity contribution in [1.29, 1.82) is 5.26 Å². The maximum Gasteiger partial charge on any atom is 0.231 e. The van der Waals surface area contributed by atoms with Crippen LogP contribution in [0.25, 0.3) is 0 Å². The predicted molar refractivity (Wildman–Crippen MR) is 82.5 cm³/mol. The second kappa shape index (κ2) is 8.26. The van der Waals surface area contributed by atoms with Gasteiger partial charge in [0.25, 0.3) is 0 Å². The Balaban J connectivity index is 1.96. The Hall–Kier alpha value is -3.25. The van der Waals surface area contributed by atoms with Gasteiger partial charge in [-0.25, -0.2) is 4.98 Å². The minimum atomic E-state index is -0.688. The third kappa shape index (κ3) is 5.22. The lowest BCUT2D eigenvalue weighted by Crippen LogP contribution is -2.16. The van der Waals surface area contributed by atoms with Crippen molar-refractivity contribution in [2.75, 3.05) is 5.32 Å². The van der Waals surface area contributed by atoms with Crippen molar-refractivity contribution in [2.45, 2.75) is 19.3 Å². The van der Waals surface area contributed by atoms with E-state index in [1.807, 2.05) is 6.07 Å². The van der Waals surface area contributed by atoms with Gasteiger partial charge in [0.15, 0.2) is 0 Å². The molecule has 5 nitrogen and oxygen atoms in total. The molecular formula is C17H13FN4O. The van der Waals surface area contributed by atoms with Gasteiger partial charge in [-0.05, 0) is 24.3 Å². The summed E-state index contributed by atoms with van der Waals surface area (Å²) in [6, 6.07) is 10.2. The predicted octanol–water partition coefficient (Wildman–Crippen LogP) is 2.26. The Morgan fingerprint density at radius 1 is 1.26 bits per heavy atom. The third-order valence-corrected chi connectivity index (χ3v) is 2.83. The molecule has 2 rings (SSSR count). The molecule has 2 heterocycles. The normalized spacial score (nSPS) is 9.39. The minimum absolute atomic E-state index is 0.0888. The first kappa shape index (κ1) is 16.1. The number of nitriles is 1. The molecule has 0 spiro atoms. The van der Waals surface area contributed by atoms with Gasteiger partial charge >= 0.3 is 0 Å². The number of nitrogens with zero attached hydrogens (tertiary/aromatic N) is 3. The molecule has 6 heteroatoms. The average Bonchev–Trinajstić information content (AvgIpc) is 2.54. The summed E-state index contributed by atoms with van der Waals surface area (Å²) >= 11 is 0. The van der Waals surface area contributed by atoms with Gasteiger partial charge in [0.05, 0.1) is 18.9 Å². The Kier molecular flexibility index (Phi) is 5.79. The molecule has 0 aliphatic carbocycles. The van der Waals surface area contributed by atoms with Crippen molar-refractivity contribution in [1.82, 2.24) is 9.97 Å². The van der Waals surface area contributed by atoms with Crippen LogP contribution in [0.4, 0.5) is 10.2 Å². The summed E-state index contributed by atoms with van der Waals surface area (Å²) in [6.07, 6.45) is 1.97. The van der Waals surface area contributed by atoms with Gasteiger partial charge in [0, 0.05) is 23.9 Å². The summed E-state index contributed by atoms with van der Waals surface area (Å²) in [7, 11) is 0. The van der Waals surface area contributed by atoms with E-state index >= 15 is 0 Å². The van der Waals surface area contributed by atoms with Crippen LogP contribution in [0.5, 0.6) is 0 Å². The first-order valence-electron chi connectivity index (χ1n) is 6.87. The van der Waals surface area contributed by atoms with E-state index in [0.29, 0.717) is 11.3 Å². The van der Waals surface area contributed by atoms with Crippen LogP contribution < -0.4 is 5.32 Å². The fraction of sp³-hybridized carbons (Fsp3) is 0.176. The topological polar surface area (TPSA) is 78.7 Å². The highest BCUT2D eigenvalue weighted by Gasteiger charge is 2.08. The Bertz CT molecular complexity index is 788. The molecule has 114 valence electrons. The molecule has 23 heavy (non-hydrogen) atoms. The lowest BCUT2D eigenvalue weighted by molar-refractivity contribution is -0.115. The Morgan fingerprint density at radius 3 is 2.83 bits per heavy atom. The van der Waals surface area contributed by atoms with E-state index in [-0.39, 0.29) is 31.0 Å². The van der Waals surface area contributed by atoms with Crippen molar-refractivity contribution in [3.8, 4) is 17.9 Å². The number of carbonyl (C=O) groups excluding carboxylic acids is 1. The summed E-state index contributed by atoms with van der Waals surface area (Å²) < 4.78 is 13.8.